The number of hydrogen-bond acceptors (Lipinski definition) is 4. The first kappa shape index (κ1) is 22.2. The lowest BCUT2D eigenvalue weighted by Crippen LogP contribution is -2.09. The summed E-state index contributed by atoms with van der Waals surface area (Å²) in [6.07, 6.45) is 18.2. The van der Waals surface area contributed by atoms with E-state index in [4.69, 9.17) is 9.47 Å². The van der Waals surface area contributed by atoms with Crippen LogP contribution in [-0.2, 0) is 14.3 Å². The van der Waals surface area contributed by atoms with Crippen molar-refractivity contribution in [1.82, 2.24) is 0 Å². The molecule has 0 saturated carbocycles. The zero-order chi connectivity index (χ0) is 18.2. The highest BCUT2D eigenvalue weighted by Crippen LogP contribution is 2.12. The van der Waals surface area contributed by atoms with E-state index in [2.05, 4.69) is 19.1 Å². The first-order chi connectivity index (χ1) is 12.2. The molecule has 2 atom stereocenters. The lowest BCUT2D eigenvalue weighted by atomic mass is 10.1. The number of aliphatic hydroxyl groups is 1. The molecule has 1 heterocycles. The third-order valence-corrected chi connectivity index (χ3v) is 4.55. The maximum absolute atomic E-state index is 11.4. The molecular weight excluding hydrogens is 316 g/mol. The Morgan fingerprint density at radius 2 is 1.84 bits per heavy atom. The predicted octanol–water partition coefficient (Wildman–Crippen LogP) is 4.94. The largest absolute Gasteiger partial charge is 0.463 e. The summed E-state index contributed by atoms with van der Waals surface area (Å²) in [5.41, 5.74) is 0. The highest BCUT2D eigenvalue weighted by Gasteiger charge is 2.23. The average molecular weight is 355 g/mol. The molecule has 1 fully saturated rings. The van der Waals surface area contributed by atoms with Gasteiger partial charge in [-0.15, -0.1) is 0 Å². The molecule has 0 spiro atoms. The van der Waals surface area contributed by atoms with Gasteiger partial charge in [0.2, 0.25) is 0 Å². The maximum atomic E-state index is 11.4. The molecule has 1 aliphatic heterocycles. The Bertz CT molecular complexity index is 350. The molecule has 1 saturated heterocycles. The number of allylic oxidation sites excluding steroid dienone is 1. The van der Waals surface area contributed by atoms with Crippen LogP contribution >= 0.6 is 0 Å². The Hall–Kier alpha value is -0.870. The van der Waals surface area contributed by atoms with E-state index in [0.717, 1.165) is 45.1 Å². The summed E-state index contributed by atoms with van der Waals surface area (Å²) in [4.78, 5) is 11.4. The highest BCUT2D eigenvalue weighted by molar-refractivity contribution is 5.69. The van der Waals surface area contributed by atoms with Crippen molar-refractivity contribution in [3.63, 3.8) is 0 Å². The third kappa shape index (κ3) is 15.1. The van der Waals surface area contributed by atoms with Crippen LogP contribution in [0, 0.1) is 0 Å². The summed E-state index contributed by atoms with van der Waals surface area (Å²) in [5.74, 6) is -0.0910. The van der Waals surface area contributed by atoms with Gasteiger partial charge in [-0.25, -0.2) is 0 Å². The van der Waals surface area contributed by atoms with E-state index in [1.54, 1.807) is 0 Å². The number of hydrogen-bond donors (Lipinski definition) is 1. The SMILES string of the molecule is CCCCCC[C@@H](O)CC=CCCCCCCCC(=O)OCC1CO1. The van der Waals surface area contributed by atoms with Crippen LogP contribution in [0.15, 0.2) is 12.2 Å². The molecular formula is C21H38O4. The van der Waals surface area contributed by atoms with Crippen LogP contribution in [0.25, 0.3) is 0 Å². The minimum Gasteiger partial charge on any atom is -0.463 e. The van der Waals surface area contributed by atoms with Crippen molar-refractivity contribution >= 4 is 5.97 Å². The van der Waals surface area contributed by atoms with E-state index in [9.17, 15) is 9.90 Å². The second-order valence-corrected chi connectivity index (χ2v) is 7.16. The normalized spacial score (nSPS) is 17.8. The summed E-state index contributed by atoms with van der Waals surface area (Å²) in [5, 5.41) is 9.87. The Morgan fingerprint density at radius 3 is 2.60 bits per heavy atom. The fourth-order valence-electron chi connectivity index (χ4n) is 2.78. The second kappa shape index (κ2) is 15.4. The van der Waals surface area contributed by atoms with Crippen LogP contribution in [0.3, 0.4) is 0 Å². The van der Waals surface area contributed by atoms with Crippen molar-refractivity contribution in [1.29, 1.82) is 0 Å². The lowest BCUT2D eigenvalue weighted by Gasteiger charge is -2.07. The van der Waals surface area contributed by atoms with Crippen LogP contribution in [0.2, 0.25) is 0 Å². The van der Waals surface area contributed by atoms with Crippen LogP contribution in [0.5, 0.6) is 0 Å². The summed E-state index contributed by atoms with van der Waals surface area (Å²) >= 11 is 0. The predicted molar refractivity (Wildman–Crippen MR) is 102 cm³/mol. The number of ether oxygens (including phenoxy) is 2. The fourth-order valence-corrected chi connectivity index (χ4v) is 2.78. The highest BCUT2D eigenvalue weighted by atomic mass is 16.6. The lowest BCUT2D eigenvalue weighted by molar-refractivity contribution is -0.144. The fraction of sp³-hybridized carbons (Fsp3) is 0.857. The molecule has 4 nitrogen and oxygen atoms in total. The van der Waals surface area contributed by atoms with Gasteiger partial charge in [0.05, 0.1) is 12.7 Å². The molecule has 0 aromatic carbocycles. The number of rotatable bonds is 17. The van der Waals surface area contributed by atoms with Gasteiger partial charge in [0, 0.05) is 6.42 Å². The van der Waals surface area contributed by atoms with Crippen molar-refractivity contribution in [2.45, 2.75) is 103 Å². The van der Waals surface area contributed by atoms with Gasteiger partial charge < -0.3 is 14.6 Å². The molecule has 0 radical (unpaired) electrons. The van der Waals surface area contributed by atoms with Crippen molar-refractivity contribution in [2.75, 3.05) is 13.2 Å². The van der Waals surface area contributed by atoms with E-state index in [0.29, 0.717) is 13.0 Å². The van der Waals surface area contributed by atoms with Crippen molar-refractivity contribution in [3.05, 3.63) is 12.2 Å². The van der Waals surface area contributed by atoms with Gasteiger partial charge in [-0.3, -0.25) is 4.79 Å². The second-order valence-electron chi connectivity index (χ2n) is 7.16. The van der Waals surface area contributed by atoms with Gasteiger partial charge in [-0.2, -0.15) is 0 Å². The monoisotopic (exact) mass is 354 g/mol. The Labute approximate surface area is 154 Å². The zero-order valence-electron chi connectivity index (χ0n) is 16.1. The maximum Gasteiger partial charge on any atom is 0.305 e. The van der Waals surface area contributed by atoms with Crippen LogP contribution < -0.4 is 0 Å². The smallest absolute Gasteiger partial charge is 0.305 e. The van der Waals surface area contributed by atoms with Gasteiger partial charge in [0.15, 0.2) is 0 Å². The molecule has 4 heteroatoms. The Kier molecular flexibility index (Phi) is 13.6. The number of esters is 1. The summed E-state index contributed by atoms with van der Waals surface area (Å²) in [6, 6.07) is 0. The number of epoxide rings is 1. The molecule has 146 valence electrons. The van der Waals surface area contributed by atoms with Gasteiger partial charge in [0.1, 0.15) is 12.7 Å². The third-order valence-electron chi connectivity index (χ3n) is 4.55. The molecule has 25 heavy (non-hydrogen) atoms. The van der Waals surface area contributed by atoms with Crippen LogP contribution in [0.1, 0.15) is 90.4 Å². The number of unbranched alkanes of at least 4 members (excludes halogenated alkanes) is 8. The molecule has 0 aromatic heterocycles. The number of carbonyl (C=O) groups excluding carboxylic acids is 1. The van der Waals surface area contributed by atoms with E-state index in [1.807, 2.05) is 0 Å². The summed E-state index contributed by atoms with van der Waals surface area (Å²) in [7, 11) is 0. The van der Waals surface area contributed by atoms with Gasteiger partial charge in [0.25, 0.3) is 0 Å². The quantitative estimate of drug-likeness (QED) is 0.174. The van der Waals surface area contributed by atoms with E-state index < -0.39 is 0 Å². The molecule has 1 N–H and O–H groups in total. The zero-order valence-corrected chi connectivity index (χ0v) is 16.1. The first-order valence-electron chi connectivity index (χ1n) is 10.3. The number of aliphatic hydroxyl groups excluding tert-OH is 1. The standard InChI is InChI=1S/C21H38O4/c1-2-3-4-11-14-19(22)15-12-9-7-5-6-8-10-13-16-21(23)25-18-20-17-24-20/h9,12,19-20,22H,2-8,10-11,13-18H2,1H3/t19-,20?/m1/s1. The molecule has 1 aliphatic rings. The van der Waals surface area contributed by atoms with E-state index >= 15 is 0 Å². The average Bonchev–Trinajstić information content (AvgIpc) is 3.43. The topological polar surface area (TPSA) is 59.1 Å². The van der Waals surface area contributed by atoms with Crippen molar-refractivity contribution < 1.29 is 19.4 Å². The Morgan fingerprint density at radius 1 is 1.12 bits per heavy atom. The molecule has 1 unspecified atom stereocenters. The molecule has 0 aliphatic carbocycles. The molecule has 1 rings (SSSR count). The Balaban J connectivity index is 1.78. The minimum absolute atomic E-state index is 0.0910. The van der Waals surface area contributed by atoms with Crippen LogP contribution in [0.4, 0.5) is 0 Å². The van der Waals surface area contributed by atoms with Crippen molar-refractivity contribution in [3.8, 4) is 0 Å². The van der Waals surface area contributed by atoms with Crippen molar-refractivity contribution in [2.24, 2.45) is 0 Å². The minimum atomic E-state index is -0.167. The van der Waals surface area contributed by atoms with Gasteiger partial charge in [-0.1, -0.05) is 64.0 Å². The summed E-state index contributed by atoms with van der Waals surface area (Å²) < 4.78 is 10.1. The number of carbonyl (C=O) groups is 1. The molecule has 0 bridgehead atoms. The molecule has 0 amide bonds. The summed E-state index contributed by atoms with van der Waals surface area (Å²) in [6.45, 7) is 3.37. The molecule has 0 aromatic rings. The van der Waals surface area contributed by atoms with Gasteiger partial charge in [-0.05, 0) is 32.1 Å². The van der Waals surface area contributed by atoms with Gasteiger partial charge >= 0.3 is 5.97 Å². The van der Waals surface area contributed by atoms with Crippen LogP contribution in [-0.4, -0.2) is 36.5 Å². The van der Waals surface area contributed by atoms with E-state index in [-0.39, 0.29) is 18.2 Å². The van der Waals surface area contributed by atoms with E-state index in [1.165, 1.54) is 38.5 Å². The first-order valence-corrected chi connectivity index (χ1v) is 10.3.